The zero-order chi connectivity index (χ0) is 13.7. The molecule has 0 saturated heterocycles. The smallest absolute Gasteiger partial charge is 0.119 e. The molecule has 1 saturated carbocycles. The molecule has 1 N–H and O–H groups in total. The Morgan fingerprint density at radius 1 is 1.21 bits per heavy atom. The van der Waals surface area contributed by atoms with Crippen molar-refractivity contribution in [2.24, 2.45) is 5.92 Å². The fourth-order valence-corrected chi connectivity index (χ4v) is 2.71. The van der Waals surface area contributed by atoms with E-state index in [9.17, 15) is 0 Å². The summed E-state index contributed by atoms with van der Waals surface area (Å²) >= 11 is 0. The summed E-state index contributed by atoms with van der Waals surface area (Å²) < 4.78 is 5.64. The summed E-state index contributed by atoms with van der Waals surface area (Å²) in [6, 6.07) is 8.71. The molecule has 2 unspecified atom stereocenters. The molecule has 0 amide bonds. The third-order valence-electron chi connectivity index (χ3n) is 4.22. The molecular formula is C17H27NO. The number of ether oxygens (including phenoxy) is 1. The summed E-state index contributed by atoms with van der Waals surface area (Å²) in [6.45, 7) is 9.82. The molecule has 1 aliphatic carbocycles. The van der Waals surface area contributed by atoms with Gasteiger partial charge in [0.1, 0.15) is 5.75 Å². The van der Waals surface area contributed by atoms with Gasteiger partial charge < -0.3 is 10.1 Å². The van der Waals surface area contributed by atoms with Crippen LogP contribution < -0.4 is 10.1 Å². The molecule has 1 aromatic rings. The molecule has 0 aromatic heterocycles. The average molecular weight is 261 g/mol. The highest BCUT2D eigenvalue weighted by molar-refractivity contribution is 5.37. The second-order valence-corrected chi connectivity index (χ2v) is 5.90. The van der Waals surface area contributed by atoms with Crippen LogP contribution in [0.5, 0.6) is 5.75 Å². The maximum absolute atomic E-state index is 5.64. The molecule has 106 valence electrons. The Kier molecular flexibility index (Phi) is 4.87. The van der Waals surface area contributed by atoms with Crippen molar-refractivity contribution in [3.8, 4) is 5.75 Å². The summed E-state index contributed by atoms with van der Waals surface area (Å²) in [6.07, 6.45) is 3.58. The van der Waals surface area contributed by atoms with Crippen molar-refractivity contribution in [2.45, 2.75) is 45.4 Å². The molecule has 0 spiro atoms. The predicted molar refractivity (Wildman–Crippen MR) is 80.8 cm³/mol. The Labute approximate surface area is 117 Å². The van der Waals surface area contributed by atoms with Crippen LogP contribution in [0.1, 0.15) is 45.6 Å². The van der Waals surface area contributed by atoms with Crippen LogP contribution >= 0.6 is 0 Å². The highest BCUT2D eigenvalue weighted by Crippen LogP contribution is 2.53. The van der Waals surface area contributed by atoms with E-state index in [1.165, 1.54) is 18.4 Å². The lowest BCUT2D eigenvalue weighted by atomic mass is 9.95. The molecule has 1 aromatic carbocycles. The van der Waals surface area contributed by atoms with E-state index in [1.54, 1.807) is 0 Å². The van der Waals surface area contributed by atoms with Gasteiger partial charge in [-0.15, -0.1) is 0 Å². The highest BCUT2D eigenvalue weighted by atomic mass is 16.5. The summed E-state index contributed by atoms with van der Waals surface area (Å²) in [5.74, 6) is 1.79. The van der Waals surface area contributed by atoms with Crippen molar-refractivity contribution < 1.29 is 4.74 Å². The van der Waals surface area contributed by atoms with Gasteiger partial charge in [-0.25, -0.2) is 0 Å². The third-order valence-corrected chi connectivity index (χ3v) is 4.22. The van der Waals surface area contributed by atoms with Crippen molar-refractivity contribution in [3.63, 3.8) is 0 Å². The van der Waals surface area contributed by atoms with E-state index < -0.39 is 0 Å². The van der Waals surface area contributed by atoms with E-state index in [0.29, 0.717) is 5.41 Å². The molecule has 19 heavy (non-hydrogen) atoms. The Balaban J connectivity index is 1.88. The third kappa shape index (κ3) is 3.50. The quantitative estimate of drug-likeness (QED) is 0.720. The first-order valence-electron chi connectivity index (χ1n) is 7.64. The molecule has 1 aliphatic rings. The fourth-order valence-electron chi connectivity index (χ4n) is 2.71. The Morgan fingerprint density at radius 2 is 1.95 bits per heavy atom. The Morgan fingerprint density at radius 3 is 2.58 bits per heavy atom. The van der Waals surface area contributed by atoms with Crippen molar-refractivity contribution in [3.05, 3.63) is 29.8 Å². The van der Waals surface area contributed by atoms with Crippen molar-refractivity contribution in [2.75, 3.05) is 19.7 Å². The lowest BCUT2D eigenvalue weighted by molar-refractivity contribution is 0.317. The van der Waals surface area contributed by atoms with Gasteiger partial charge >= 0.3 is 0 Å². The van der Waals surface area contributed by atoms with Crippen LogP contribution in [0.2, 0.25) is 0 Å². The van der Waals surface area contributed by atoms with Crippen LogP contribution in [0, 0.1) is 5.92 Å². The van der Waals surface area contributed by atoms with Gasteiger partial charge in [0.25, 0.3) is 0 Å². The normalized spacial score (nSPS) is 25.3. The molecule has 2 nitrogen and oxygen atoms in total. The average Bonchev–Trinajstić information content (AvgIpc) is 3.09. The van der Waals surface area contributed by atoms with Crippen molar-refractivity contribution in [1.29, 1.82) is 0 Å². The molecular weight excluding hydrogens is 234 g/mol. The Bertz CT molecular complexity index is 387. The number of nitrogens with one attached hydrogen (secondary N) is 1. The first kappa shape index (κ1) is 14.4. The van der Waals surface area contributed by atoms with Crippen LogP contribution in [-0.4, -0.2) is 19.7 Å². The number of benzene rings is 1. The SMILES string of the molecule is CCCNCC1CC1(C)c1ccc(OCCC)cc1. The molecule has 2 rings (SSSR count). The topological polar surface area (TPSA) is 21.3 Å². The zero-order valence-electron chi connectivity index (χ0n) is 12.5. The molecule has 0 radical (unpaired) electrons. The summed E-state index contributed by atoms with van der Waals surface area (Å²) in [5, 5.41) is 3.54. The first-order chi connectivity index (χ1) is 9.20. The van der Waals surface area contributed by atoms with Crippen LogP contribution in [0.4, 0.5) is 0 Å². The van der Waals surface area contributed by atoms with Gasteiger partial charge in [0.05, 0.1) is 6.61 Å². The second-order valence-electron chi connectivity index (χ2n) is 5.90. The van der Waals surface area contributed by atoms with Gasteiger partial charge in [-0.3, -0.25) is 0 Å². The lowest BCUT2D eigenvalue weighted by Crippen LogP contribution is -2.20. The summed E-state index contributed by atoms with van der Waals surface area (Å²) in [7, 11) is 0. The van der Waals surface area contributed by atoms with Crippen molar-refractivity contribution in [1.82, 2.24) is 5.32 Å². The summed E-state index contributed by atoms with van der Waals surface area (Å²) in [5.41, 5.74) is 1.84. The maximum atomic E-state index is 5.64. The monoisotopic (exact) mass is 261 g/mol. The van der Waals surface area contributed by atoms with Crippen LogP contribution in [0.25, 0.3) is 0 Å². The lowest BCUT2D eigenvalue weighted by Gasteiger charge is -2.13. The standard InChI is InChI=1S/C17H27NO/c1-4-10-18-13-15-12-17(15,3)14-6-8-16(9-7-14)19-11-5-2/h6-9,15,18H,4-5,10-13H2,1-3H3. The van der Waals surface area contributed by atoms with Gasteiger partial charge in [-0.2, -0.15) is 0 Å². The van der Waals surface area contributed by atoms with Gasteiger partial charge in [0.2, 0.25) is 0 Å². The first-order valence-corrected chi connectivity index (χ1v) is 7.64. The van der Waals surface area contributed by atoms with E-state index in [-0.39, 0.29) is 0 Å². The molecule has 0 aliphatic heterocycles. The van der Waals surface area contributed by atoms with E-state index in [2.05, 4.69) is 50.4 Å². The van der Waals surface area contributed by atoms with Gasteiger partial charge in [0.15, 0.2) is 0 Å². The van der Waals surface area contributed by atoms with Gasteiger partial charge in [-0.1, -0.05) is 32.9 Å². The number of hydrogen-bond donors (Lipinski definition) is 1. The van der Waals surface area contributed by atoms with E-state index in [4.69, 9.17) is 4.74 Å². The maximum Gasteiger partial charge on any atom is 0.119 e. The van der Waals surface area contributed by atoms with E-state index in [0.717, 1.165) is 37.8 Å². The van der Waals surface area contributed by atoms with E-state index in [1.807, 2.05) is 0 Å². The van der Waals surface area contributed by atoms with Crippen LogP contribution in [0.3, 0.4) is 0 Å². The van der Waals surface area contributed by atoms with Gasteiger partial charge in [0, 0.05) is 0 Å². The molecule has 2 heteroatoms. The number of rotatable bonds is 8. The second kappa shape index (κ2) is 6.42. The minimum Gasteiger partial charge on any atom is -0.494 e. The molecule has 2 atom stereocenters. The van der Waals surface area contributed by atoms with Crippen molar-refractivity contribution >= 4 is 0 Å². The highest BCUT2D eigenvalue weighted by Gasteiger charge is 2.50. The van der Waals surface area contributed by atoms with Crippen LogP contribution in [-0.2, 0) is 5.41 Å². The number of hydrogen-bond acceptors (Lipinski definition) is 2. The summed E-state index contributed by atoms with van der Waals surface area (Å²) in [4.78, 5) is 0. The molecule has 1 fully saturated rings. The minimum absolute atomic E-state index is 0.379. The largest absolute Gasteiger partial charge is 0.494 e. The van der Waals surface area contributed by atoms with E-state index >= 15 is 0 Å². The predicted octanol–water partition coefficient (Wildman–Crippen LogP) is 3.75. The fraction of sp³-hybridized carbons (Fsp3) is 0.647. The van der Waals surface area contributed by atoms with Crippen LogP contribution in [0.15, 0.2) is 24.3 Å². The Hall–Kier alpha value is -1.02. The van der Waals surface area contributed by atoms with Gasteiger partial charge in [-0.05, 0) is 61.4 Å². The molecule has 0 heterocycles. The molecule has 0 bridgehead atoms. The zero-order valence-corrected chi connectivity index (χ0v) is 12.5. The minimum atomic E-state index is 0.379.